The molecule has 5 aromatic heterocycles. The summed E-state index contributed by atoms with van der Waals surface area (Å²) in [7, 11) is 0. The summed E-state index contributed by atoms with van der Waals surface area (Å²) in [6.07, 6.45) is 0. The summed E-state index contributed by atoms with van der Waals surface area (Å²) in [4.78, 5) is 15.7. The van der Waals surface area contributed by atoms with E-state index in [4.69, 9.17) is 15.0 Å². The van der Waals surface area contributed by atoms with Crippen LogP contribution >= 0.6 is 0 Å². The third-order valence-corrected chi connectivity index (χ3v) is 16.8. The molecule has 84 heavy (non-hydrogen) atoms. The van der Waals surface area contributed by atoms with Crippen LogP contribution < -0.4 is 0 Å². The molecule has 0 amide bonds. The molecular formula is C76H46N8. The first-order valence-electron chi connectivity index (χ1n) is 28.2. The number of hydrogen-bond donors (Lipinski definition) is 0. The lowest BCUT2D eigenvalue weighted by atomic mass is 9.94. The highest BCUT2D eigenvalue weighted by Crippen LogP contribution is 2.47. The molecule has 0 aliphatic heterocycles. The second-order valence-corrected chi connectivity index (χ2v) is 21.4. The number of aromatic nitrogens is 7. The molecule has 0 saturated carbocycles. The first-order valence-corrected chi connectivity index (χ1v) is 28.2. The monoisotopic (exact) mass is 1070 g/mol. The minimum absolute atomic E-state index is 0.510. The predicted octanol–water partition coefficient (Wildman–Crippen LogP) is 18.8. The van der Waals surface area contributed by atoms with Gasteiger partial charge in [-0.15, -0.1) is 0 Å². The maximum atomic E-state index is 11.7. The van der Waals surface area contributed by atoms with Crippen LogP contribution in [-0.4, -0.2) is 33.2 Å². The molecule has 0 aliphatic rings. The number of fused-ring (bicyclic) bond motifs is 12. The lowest BCUT2D eigenvalue weighted by Crippen LogP contribution is -2.05. The van der Waals surface area contributed by atoms with Crippen LogP contribution in [0.3, 0.4) is 0 Å². The summed E-state index contributed by atoms with van der Waals surface area (Å²) in [6, 6.07) is 101. The van der Waals surface area contributed by atoms with Crippen molar-refractivity contribution in [3.8, 4) is 74.1 Å². The summed E-state index contributed by atoms with van der Waals surface area (Å²) < 4.78 is 9.53. The fourth-order valence-corrected chi connectivity index (χ4v) is 13.2. The zero-order valence-corrected chi connectivity index (χ0v) is 45.1. The zero-order valence-electron chi connectivity index (χ0n) is 45.1. The van der Waals surface area contributed by atoms with Gasteiger partial charge in [0.25, 0.3) is 0 Å². The molecule has 17 aromatic rings. The number of nitrogens with zero attached hydrogens (tertiary/aromatic N) is 8. The van der Waals surface area contributed by atoms with E-state index in [0.717, 1.165) is 116 Å². The maximum absolute atomic E-state index is 11.7. The Morgan fingerprint density at radius 2 is 0.631 bits per heavy atom. The molecule has 0 N–H and O–H groups in total. The highest BCUT2D eigenvalue weighted by molar-refractivity contribution is 6.21. The van der Waals surface area contributed by atoms with Crippen LogP contribution in [0.1, 0.15) is 5.56 Å². The molecule has 390 valence electrons. The number of nitriles is 1. The minimum atomic E-state index is 0.510. The minimum Gasteiger partial charge on any atom is -0.309 e. The molecule has 12 aromatic carbocycles. The van der Waals surface area contributed by atoms with Crippen molar-refractivity contribution in [2.24, 2.45) is 0 Å². The number of benzene rings is 12. The van der Waals surface area contributed by atoms with Gasteiger partial charge in [-0.1, -0.05) is 176 Å². The van der Waals surface area contributed by atoms with Crippen LogP contribution in [0, 0.1) is 11.3 Å². The molecule has 0 aliphatic carbocycles. The van der Waals surface area contributed by atoms with Gasteiger partial charge in [0.15, 0.2) is 17.5 Å². The van der Waals surface area contributed by atoms with E-state index >= 15 is 0 Å². The third-order valence-electron chi connectivity index (χ3n) is 16.8. The average molecular weight is 1070 g/mol. The second kappa shape index (κ2) is 18.7. The molecule has 8 heteroatoms. The largest absolute Gasteiger partial charge is 0.309 e. The smallest absolute Gasteiger partial charge is 0.164 e. The molecule has 17 rings (SSSR count). The number of hydrogen-bond acceptors (Lipinski definition) is 4. The maximum Gasteiger partial charge on any atom is 0.164 e. The van der Waals surface area contributed by atoms with Crippen LogP contribution in [0.2, 0.25) is 0 Å². The first-order chi connectivity index (χ1) is 41.6. The van der Waals surface area contributed by atoms with Crippen LogP contribution in [0.25, 0.3) is 155 Å². The molecule has 0 atom stereocenters. The SMILES string of the molecule is N#Cc1cccc(-n2c3ccccc3c3cc4c5ccccc5n(-c5ccccc5)c4cc32)c1-c1cc(-c2nc(-c3ccccc3)nc(-c3ccccc3)n2)ccc1-n1c2ccccc2c2cc3c4ccccc4n(-c4ccccc4)c3cc21. The molecule has 5 heterocycles. The fourth-order valence-electron chi connectivity index (χ4n) is 13.2. The van der Waals surface area contributed by atoms with Gasteiger partial charge in [-0.05, 0) is 103 Å². The Hall–Kier alpha value is -11.7. The molecule has 8 nitrogen and oxygen atoms in total. The fraction of sp³-hybridized carbons (Fsp3) is 0. The lowest BCUT2D eigenvalue weighted by molar-refractivity contribution is 1.07. The Bertz CT molecular complexity index is 5490. The van der Waals surface area contributed by atoms with Crippen molar-refractivity contribution in [2.75, 3.05) is 0 Å². The highest BCUT2D eigenvalue weighted by Gasteiger charge is 2.27. The van der Waals surface area contributed by atoms with E-state index in [9.17, 15) is 5.26 Å². The van der Waals surface area contributed by atoms with E-state index in [-0.39, 0.29) is 0 Å². The normalized spacial score (nSPS) is 11.8. The van der Waals surface area contributed by atoms with E-state index in [0.29, 0.717) is 23.0 Å². The van der Waals surface area contributed by atoms with Crippen molar-refractivity contribution < 1.29 is 0 Å². The Kier molecular flexibility index (Phi) is 10.5. The molecule has 0 radical (unpaired) electrons. The summed E-state index contributed by atoms with van der Waals surface area (Å²) in [5, 5.41) is 20.9. The number of rotatable bonds is 8. The van der Waals surface area contributed by atoms with Crippen LogP contribution in [0.15, 0.2) is 279 Å². The quantitative estimate of drug-likeness (QED) is 0.152. The van der Waals surface area contributed by atoms with Crippen molar-refractivity contribution in [1.29, 1.82) is 5.26 Å². The Balaban J connectivity index is 1.00. The van der Waals surface area contributed by atoms with Crippen LogP contribution in [0.4, 0.5) is 0 Å². The highest BCUT2D eigenvalue weighted by atomic mass is 15.0. The van der Waals surface area contributed by atoms with Crippen molar-refractivity contribution in [3.63, 3.8) is 0 Å². The van der Waals surface area contributed by atoms with Gasteiger partial charge < -0.3 is 18.3 Å². The van der Waals surface area contributed by atoms with Gasteiger partial charge in [0.2, 0.25) is 0 Å². The first kappa shape index (κ1) is 47.2. The van der Waals surface area contributed by atoms with Gasteiger partial charge in [0.05, 0.1) is 67.1 Å². The topological polar surface area (TPSA) is 82.2 Å². The lowest BCUT2D eigenvalue weighted by Gasteiger charge is -2.21. The van der Waals surface area contributed by atoms with Crippen molar-refractivity contribution in [3.05, 3.63) is 285 Å². The summed E-state index contributed by atoms with van der Waals surface area (Å²) in [5.74, 6) is 1.64. The standard InChI is InChI=1S/C76H46N8/c77-47-51-26-21-39-68(84-66-38-20-16-34-57(66)61-44-59-55-32-14-18-36-64(55)82(70(59)46-72(61)84)53-29-11-4-12-30-53)73(51)62-42-50(76-79-74(48-22-5-1-6-23-48)78-75(80-76)49-24-7-2-8-25-49)40-41-67(62)83-65-37-19-15-33-56(65)60-43-58-54-31-13-17-35-63(54)81(69(58)45-71(60)83)52-27-9-3-10-28-52/h1-46H. The van der Waals surface area contributed by atoms with E-state index < -0.39 is 0 Å². The third kappa shape index (κ3) is 7.16. The van der Waals surface area contributed by atoms with E-state index in [1.807, 2.05) is 72.8 Å². The van der Waals surface area contributed by atoms with E-state index in [1.54, 1.807) is 0 Å². The Morgan fingerprint density at radius 1 is 0.262 bits per heavy atom. The molecule has 0 fully saturated rings. The van der Waals surface area contributed by atoms with E-state index in [2.05, 4.69) is 231 Å². The summed E-state index contributed by atoms with van der Waals surface area (Å²) in [5.41, 5.74) is 17.1. The zero-order chi connectivity index (χ0) is 55.4. The summed E-state index contributed by atoms with van der Waals surface area (Å²) in [6.45, 7) is 0. The molecule has 0 unspecified atom stereocenters. The Labute approximate surface area is 481 Å². The van der Waals surface area contributed by atoms with Crippen molar-refractivity contribution >= 4 is 87.2 Å². The average Bonchev–Trinajstić information content (AvgIpc) is 1.70. The van der Waals surface area contributed by atoms with Gasteiger partial charge >= 0.3 is 0 Å². The van der Waals surface area contributed by atoms with Gasteiger partial charge in [-0.3, -0.25) is 0 Å². The van der Waals surface area contributed by atoms with E-state index in [1.165, 1.54) is 21.5 Å². The van der Waals surface area contributed by atoms with Crippen molar-refractivity contribution in [1.82, 2.24) is 33.2 Å². The van der Waals surface area contributed by atoms with Gasteiger partial charge in [-0.2, -0.15) is 5.26 Å². The second-order valence-electron chi connectivity index (χ2n) is 21.4. The van der Waals surface area contributed by atoms with Crippen LogP contribution in [0.5, 0.6) is 0 Å². The molecule has 0 spiro atoms. The molecular weight excluding hydrogens is 1020 g/mol. The van der Waals surface area contributed by atoms with Crippen LogP contribution in [-0.2, 0) is 0 Å². The summed E-state index contributed by atoms with van der Waals surface area (Å²) >= 11 is 0. The van der Waals surface area contributed by atoms with Gasteiger partial charge in [0, 0.05) is 82.3 Å². The Morgan fingerprint density at radius 3 is 1.07 bits per heavy atom. The van der Waals surface area contributed by atoms with Crippen molar-refractivity contribution in [2.45, 2.75) is 0 Å². The number of para-hydroxylation sites is 6. The van der Waals surface area contributed by atoms with Gasteiger partial charge in [0.1, 0.15) is 0 Å². The van der Waals surface area contributed by atoms with Gasteiger partial charge in [-0.25, -0.2) is 15.0 Å². The molecule has 0 bridgehead atoms. The predicted molar refractivity (Wildman–Crippen MR) is 344 cm³/mol. The molecule has 0 saturated heterocycles.